The van der Waals surface area contributed by atoms with Gasteiger partial charge in [0, 0.05) is 12.2 Å². The lowest BCUT2D eigenvalue weighted by Crippen LogP contribution is -2.31. The van der Waals surface area contributed by atoms with Crippen molar-refractivity contribution < 1.29 is 19.1 Å². The van der Waals surface area contributed by atoms with Gasteiger partial charge in [-0.2, -0.15) is 5.26 Å². The van der Waals surface area contributed by atoms with Gasteiger partial charge in [0.2, 0.25) is 0 Å². The number of thiophene rings is 1. The molecule has 2 N–H and O–H groups in total. The molecule has 0 aliphatic rings. The Morgan fingerprint density at radius 2 is 2.11 bits per heavy atom. The summed E-state index contributed by atoms with van der Waals surface area (Å²) in [5.74, 6) is -1.41. The Kier molecular flexibility index (Phi) is 7.34. The summed E-state index contributed by atoms with van der Waals surface area (Å²) in [5.41, 5.74) is 0.675. The Bertz CT molecular complexity index is 877. The maximum absolute atomic E-state index is 12.1. The average Bonchev–Trinajstić information content (AvgIpc) is 3.16. The quantitative estimate of drug-likeness (QED) is 0.688. The van der Waals surface area contributed by atoms with Crippen LogP contribution in [0.2, 0.25) is 5.02 Å². The second kappa shape index (κ2) is 9.71. The molecule has 0 bridgehead atoms. The molecule has 0 spiro atoms. The molecule has 2 aromatic rings. The zero-order chi connectivity index (χ0) is 19.8. The molecule has 9 heteroatoms. The number of nitrogens with zero attached hydrogens (tertiary/aromatic N) is 1. The van der Waals surface area contributed by atoms with E-state index in [9.17, 15) is 14.4 Å². The third kappa shape index (κ3) is 6.09. The van der Waals surface area contributed by atoms with Gasteiger partial charge < -0.3 is 15.4 Å². The summed E-state index contributed by atoms with van der Waals surface area (Å²) >= 11 is 7.20. The number of esters is 1. The lowest BCUT2D eigenvalue weighted by atomic mass is 10.2. The van der Waals surface area contributed by atoms with E-state index in [-0.39, 0.29) is 23.9 Å². The summed E-state index contributed by atoms with van der Waals surface area (Å²) in [6.07, 6.45) is -1.09. The highest BCUT2D eigenvalue weighted by Gasteiger charge is 2.18. The number of rotatable bonds is 7. The number of halogens is 1. The topological polar surface area (TPSA) is 108 Å². The molecule has 0 aliphatic carbocycles. The van der Waals surface area contributed by atoms with Crippen molar-refractivity contribution in [3.05, 3.63) is 51.2 Å². The van der Waals surface area contributed by atoms with Crippen LogP contribution in [0, 0.1) is 11.3 Å². The summed E-state index contributed by atoms with van der Waals surface area (Å²) in [7, 11) is 0. The first-order chi connectivity index (χ1) is 12.9. The third-order valence-electron chi connectivity index (χ3n) is 3.39. The molecule has 0 saturated carbocycles. The summed E-state index contributed by atoms with van der Waals surface area (Å²) in [5, 5.41) is 16.0. The fourth-order valence-corrected chi connectivity index (χ4v) is 2.87. The van der Waals surface area contributed by atoms with E-state index in [2.05, 4.69) is 10.6 Å². The van der Waals surface area contributed by atoms with E-state index in [0.717, 1.165) is 0 Å². The number of nitrogens with one attached hydrogen (secondary N) is 2. The largest absolute Gasteiger partial charge is 0.452 e. The van der Waals surface area contributed by atoms with Crippen LogP contribution in [0.5, 0.6) is 0 Å². The van der Waals surface area contributed by atoms with Crippen molar-refractivity contribution in [2.45, 2.75) is 19.4 Å². The van der Waals surface area contributed by atoms with Gasteiger partial charge in [0.25, 0.3) is 11.8 Å². The van der Waals surface area contributed by atoms with Crippen LogP contribution in [-0.4, -0.2) is 30.4 Å². The normalized spacial score (nSPS) is 11.1. The summed E-state index contributed by atoms with van der Waals surface area (Å²) < 4.78 is 5.05. The number of hydrogen-bond acceptors (Lipinski definition) is 6. The van der Waals surface area contributed by atoms with Gasteiger partial charge in [-0.15, -0.1) is 11.3 Å². The molecular weight excluding hydrogens is 390 g/mol. The zero-order valence-corrected chi connectivity index (χ0v) is 15.9. The first-order valence-electron chi connectivity index (χ1n) is 7.92. The van der Waals surface area contributed by atoms with Crippen molar-refractivity contribution in [1.82, 2.24) is 5.32 Å². The van der Waals surface area contributed by atoms with Gasteiger partial charge in [-0.3, -0.25) is 14.4 Å². The minimum absolute atomic E-state index is 0.0581. The van der Waals surface area contributed by atoms with E-state index < -0.39 is 18.0 Å². The van der Waals surface area contributed by atoms with Gasteiger partial charge in [-0.05, 0) is 36.6 Å². The van der Waals surface area contributed by atoms with E-state index in [1.54, 1.807) is 17.5 Å². The number of nitriles is 1. The maximum atomic E-state index is 12.1. The standard InChI is InChI=1S/C18H16ClN3O4S/c1-11(17(24)22-13-5-4-12(10-20)14(19)9-13)26-16(23)6-7-21-18(25)15-3-2-8-27-15/h2-5,8-9,11H,6-7H2,1H3,(H,21,25)(H,22,24). The highest BCUT2D eigenvalue weighted by Crippen LogP contribution is 2.20. The summed E-state index contributed by atoms with van der Waals surface area (Å²) in [6.45, 7) is 1.54. The first kappa shape index (κ1) is 20.4. The van der Waals surface area contributed by atoms with Crippen LogP contribution in [0.3, 0.4) is 0 Å². The number of anilines is 1. The predicted octanol–water partition coefficient (Wildman–Crippen LogP) is 2.96. The van der Waals surface area contributed by atoms with Gasteiger partial charge in [0.15, 0.2) is 6.10 Å². The number of carbonyl (C=O) groups excluding carboxylic acids is 3. The molecular formula is C18H16ClN3O4S. The van der Waals surface area contributed by atoms with Gasteiger partial charge in [-0.25, -0.2) is 0 Å². The Hall–Kier alpha value is -2.89. The molecule has 0 saturated heterocycles. The van der Waals surface area contributed by atoms with Crippen molar-refractivity contribution in [3.63, 3.8) is 0 Å². The molecule has 1 aromatic carbocycles. The number of benzene rings is 1. The van der Waals surface area contributed by atoms with E-state index in [0.29, 0.717) is 16.1 Å². The second-order valence-corrected chi connectivity index (χ2v) is 6.77. The second-order valence-electron chi connectivity index (χ2n) is 5.41. The monoisotopic (exact) mass is 405 g/mol. The van der Waals surface area contributed by atoms with E-state index in [1.807, 2.05) is 6.07 Å². The predicted molar refractivity (Wildman–Crippen MR) is 102 cm³/mol. The van der Waals surface area contributed by atoms with Crippen molar-refractivity contribution >= 4 is 46.4 Å². The van der Waals surface area contributed by atoms with Crippen molar-refractivity contribution in [3.8, 4) is 6.07 Å². The molecule has 1 unspecified atom stereocenters. The number of carbonyl (C=O) groups is 3. The summed E-state index contributed by atoms with van der Waals surface area (Å²) in [6, 6.07) is 9.80. The van der Waals surface area contributed by atoms with Gasteiger partial charge in [0.1, 0.15) is 6.07 Å². The molecule has 0 fully saturated rings. The van der Waals surface area contributed by atoms with E-state index in [1.165, 1.54) is 36.5 Å². The van der Waals surface area contributed by atoms with Gasteiger partial charge >= 0.3 is 5.97 Å². The lowest BCUT2D eigenvalue weighted by Gasteiger charge is -2.14. The van der Waals surface area contributed by atoms with Crippen molar-refractivity contribution in [1.29, 1.82) is 5.26 Å². The molecule has 140 valence electrons. The van der Waals surface area contributed by atoms with Crippen LogP contribution < -0.4 is 10.6 Å². The highest BCUT2D eigenvalue weighted by atomic mass is 35.5. The van der Waals surface area contributed by atoms with E-state index in [4.69, 9.17) is 21.6 Å². The number of hydrogen-bond donors (Lipinski definition) is 2. The summed E-state index contributed by atoms with van der Waals surface area (Å²) in [4.78, 5) is 36.2. The molecule has 1 heterocycles. The minimum Gasteiger partial charge on any atom is -0.452 e. The zero-order valence-electron chi connectivity index (χ0n) is 14.3. The minimum atomic E-state index is -1.03. The molecule has 0 aliphatic heterocycles. The molecule has 7 nitrogen and oxygen atoms in total. The Labute approximate surface area is 164 Å². The maximum Gasteiger partial charge on any atom is 0.308 e. The van der Waals surface area contributed by atoms with Crippen molar-refractivity contribution in [2.24, 2.45) is 0 Å². The van der Waals surface area contributed by atoms with Crippen LogP contribution in [0.1, 0.15) is 28.6 Å². The van der Waals surface area contributed by atoms with Gasteiger partial charge in [-0.1, -0.05) is 17.7 Å². The van der Waals surface area contributed by atoms with Crippen LogP contribution in [0.4, 0.5) is 5.69 Å². The molecule has 27 heavy (non-hydrogen) atoms. The Balaban J connectivity index is 1.76. The van der Waals surface area contributed by atoms with E-state index >= 15 is 0 Å². The van der Waals surface area contributed by atoms with Gasteiger partial charge in [0.05, 0.1) is 21.9 Å². The SMILES string of the molecule is CC(OC(=O)CCNC(=O)c1cccs1)C(=O)Nc1ccc(C#N)c(Cl)c1. The molecule has 1 aromatic heterocycles. The fraction of sp³-hybridized carbons (Fsp3) is 0.222. The van der Waals surface area contributed by atoms with Crippen molar-refractivity contribution in [2.75, 3.05) is 11.9 Å². The fourth-order valence-electron chi connectivity index (χ4n) is 2.01. The third-order valence-corrected chi connectivity index (χ3v) is 4.58. The molecule has 2 amide bonds. The van der Waals surface area contributed by atoms with Crippen LogP contribution in [0.15, 0.2) is 35.7 Å². The number of amides is 2. The Morgan fingerprint density at radius 3 is 2.74 bits per heavy atom. The van der Waals surface area contributed by atoms with Crippen LogP contribution in [-0.2, 0) is 14.3 Å². The highest BCUT2D eigenvalue weighted by molar-refractivity contribution is 7.12. The molecule has 2 rings (SSSR count). The lowest BCUT2D eigenvalue weighted by molar-refractivity contribution is -0.153. The molecule has 1 atom stereocenters. The number of ether oxygens (including phenoxy) is 1. The Morgan fingerprint density at radius 1 is 1.33 bits per heavy atom. The smallest absolute Gasteiger partial charge is 0.308 e. The molecule has 0 radical (unpaired) electrons. The average molecular weight is 406 g/mol. The first-order valence-corrected chi connectivity index (χ1v) is 9.18. The van der Waals surface area contributed by atoms with Crippen LogP contribution in [0.25, 0.3) is 0 Å². The van der Waals surface area contributed by atoms with Crippen LogP contribution >= 0.6 is 22.9 Å².